The Hall–Kier alpha value is -0.860. The van der Waals surface area contributed by atoms with E-state index in [2.05, 4.69) is 10.3 Å². The molecule has 0 aliphatic heterocycles. The fourth-order valence-corrected chi connectivity index (χ4v) is 3.05. The molecule has 1 aliphatic rings. The second-order valence-corrected chi connectivity index (χ2v) is 5.94. The molecule has 0 unspecified atom stereocenters. The number of halogens is 4. The van der Waals surface area contributed by atoms with Crippen molar-refractivity contribution in [1.29, 1.82) is 0 Å². The van der Waals surface area contributed by atoms with E-state index in [1.807, 2.05) is 0 Å². The first-order chi connectivity index (χ1) is 9.31. The lowest BCUT2D eigenvalue weighted by molar-refractivity contribution is -0.140. The second-order valence-electron chi connectivity index (χ2n) is 4.99. The van der Waals surface area contributed by atoms with E-state index in [0.717, 1.165) is 29.6 Å². The van der Waals surface area contributed by atoms with Gasteiger partial charge in [0.15, 0.2) is 5.69 Å². The molecule has 9 heteroatoms. The highest BCUT2D eigenvalue weighted by Crippen LogP contribution is 2.30. The van der Waals surface area contributed by atoms with E-state index in [1.54, 1.807) is 0 Å². The lowest BCUT2D eigenvalue weighted by Crippen LogP contribution is -2.52. The summed E-state index contributed by atoms with van der Waals surface area (Å²) in [5, 5.41) is 4.02. The summed E-state index contributed by atoms with van der Waals surface area (Å²) in [6.07, 6.45) is -0.939. The highest BCUT2D eigenvalue weighted by Gasteiger charge is 2.37. The predicted molar refractivity (Wildman–Crippen MR) is 76.5 cm³/mol. The largest absolute Gasteiger partial charge is 0.434 e. The zero-order valence-corrected chi connectivity index (χ0v) is 12.8. The van der Waals surface area contributed by atoms with E-state index < -0.39 is 17.4 Å². The van der Waals surface area contributed by atoms with Gasteiger partial charge in [0, 0.05) is 18.3 Å². The number of carbonyl (C=O) groups is 1. The minimum atomic E-state index is -4.41. The van der Waals surface area contributed by atoms with Crippen LogP contribution in [0.1, 0.15) is 36.4 Å². The van der Waals surface area contributed by atoms with Crippen LogP contribution < -0.4 is 11.1 Å². The van der Waals surface area contributed by atoms with Crippen molar-refractivity contribution < 1.29 is 18.0 Å². The van der Waals surface area contributed by atoms with Crippen LogP contribution in [0.3, 0.4) is 0 Å². The molecule has 1 saturated carbocycles. The maximum atomic E-state index is 12.4. The van der Waals surface area contributed by atoms with Crippen LogP contribution in [0.5, 0.6) is 0 Å². The Labute approximate surface area is 130 Å². The van der Waals surface area contributed by atoms with E-state index in [-0.39, 0.29) is 31.3 Å². The van der Waals surface area contributed by atoms with Crippen LogP contribution in [-0.2, 0) is 17.4 Å². The molecule has 0 aromatic carbocycles. The zero-order valence-electron chi connectivity index (χ0n) is 11.2. The number of hydrogen-bond acceptors (Lipinski definition) is 4. The number of nitrogens with zero attached hydrogens (tertiary/aromatic N) is 1. The van der Waals surface area contributed by atoms with Crippen molar-refractivity contribution in [2.24, 2.45) is 5.73 Å². The first kappa shape index (κ1) is 18.2. The van der Waals surface area contributed by atoms with E-state index in [9.17, 15) is 18.0 Å². The first-order valence-corrected chi connectivity index (χ1v) is 7.28. The van der Waals surface area contributed by atoms with E-state index in [1.165, 1.54) is 0 Å². The van der Waals surface area contributed by atoms with Gasteiger partial charge >= 0.3 is 6.18 Å². The van der Waals surface area contributed by atoms with Crippen LogP contribution in [0, 0.1) is 0 Å². The Bertz CT molecular complexity index is 486. The Morgan fingerprint density at radius 2 is 2.05 bits per heavy atom. The van der Waals surface area contributed by atoms with Gasteiger partial charge in [0.25, 0.3) is 0 Å². The lowest BCUT2D eigenvalue weighted by Gasteiger charge is -2.21. The van der Waals surface area contributed by atoms with Crippen LogP contribution in [0.4, 0.5) is 13.2 Å². The predicted octanol–water partition coefficient (Wildman–Crippen LogP) is 2.51. The number of nitrogens with two attached hydrogens (primary N) is 1. The molecule has 3 N–H and O–H groups in total. The summed E-state index contributed by atoms with van der Waals surface area (Å²) in [5.41, 5.74) is 4.28. The van der Waals surface area contributed by atoms with E-state index in [4.69, 9.17) is 5.73 Å². The average molecular weight is 344 g/mol. The third-order valence-corrected chi connectivity index (χ3v) is 4.32. The van der Waals surface area contributed by atoms with Gasteiger partial charge in [0.1, 0.15) is 0 Å². The Morgan fingerprint density at radius 3 is 2.57 bits per heavy atom. The van der Waals surface area contributed by atoms with E-state index >= 15 is 0 Å². The molecule has 1 aromatic rings. The third kappa shape index (κ3) is 4.55. The maximum Gasteiger partial charge on any atom is 0.434 e. The minimum Gasteiger partial charge on any atom is -0.354 e. The van der Waals surface area contributed by atoms with Crippen LogP contribution in [0.15, 0.2) is 5.38 Å². The Kier molecular flexibility index (Phi) is 6.01. The van der Waals surface area contributed by atoms with Gasteiger partial charge in [-0.1, -0.05) is 12.8 Å². The molecule has 2 rings (SSSR count). The third-order valence-electron chi connectivity index (χ3n) is 3.41. The summed E-state index contributed by atoms with van der Waals surface area (Å²) < 4.78 is 37.1. The molecule has 120 valence electrons. The monoisotopic (exact) mass is 343 g/mol. The fraction of sp³-hybridized carbons (Fsp3) is 0.667. The molecule has 1 amide bonds. The highest BCUT2D eigenvalue weighted by atomic mass is 35.5. The summed E-state index contributed by atoms with van der Waals surface area (Å²) in [7, 11) is 0. The number of alkyl halides is 3. The molecular formula is C12H17ClF3N3OS. The maximum absolute atomic E-state index is 12.4. The number of aromatic nitrogens is 1. The summed E-state index contributed by atoms with van der Waals surface area (Å²) in [6.45, 7) is 0.253. The summed E-state index contributed by atoms with van der Waals surface area (Å²) in [5.74, 6) is -0.220. The molecule has 1 aromatic heterocycles. The van der Waals surface area contributed by atoms with Gasteiger partial charge in [0.05, 0.1) is 10.5 Å². The van der Waals surface area contributed by atoms with Crippen molar-refractivity contribution in [3.63, 3.8) is 0 Å². The molecular weight excluding hydrogens is 327 g/mol. The first-order valence-electron chi connectivity index (χ1n) is 6.40. The smallest absolute Gasteiger partial charge is 0.354 e. The van der Waals surface area contributed by atoms with Crippen LogP contribution in [-0.4, -0.2) is 23.0 Å². The van der Waals surface area contributed by atoms with Crippen molar-refractivity contribution in [2.45, 2.75) is 43.8 Å². The molecule has 4 nitrogen and oxygen atoms in total. The molecule has 21 heavy (non-hydrogen) atoms. The molecule has 0 spiro atoms. The summed E-state index contributed by atoms with van der Waals surface area (Å²) >= 11 is 0.946. The summed E-state index contributed by atoms with van der Waals surface area (Å²) in [6, 6.07) is 0. The fourth-order valence-electron chi connectivity index (χ4n) is 2.25. The Morgan fingerprint density at radius 1 is 1.43 bits per heavy atom. The summed E-state index contributed by atoms with van der Waals surface area (Å²) in [4.78, 5) is 15.4. The second kappa shape index (κ2) is 6.93. The van der Waals surface area contributed by atoms with Gasteiger partial charge < -0.3 is 11.1 Å². The molecule has 1 aliphatic carbocycles. The van der Waals surface area contributed by atoms with Crippen LogP contribution in [0.25, 0.3) is 0 Å². The van der Waals surface area contributed by atoms with Crippen LogP contribution >= 0.6 is 23.7 Å². The average Bonchev–Trinajstić information content (AvgIpc) is 2.98. The van der Waals surface area contributed by atoms with Crippen LogP contribution in [0.2, 0.25) is 0 Å². The normalized spacial score (nSPS) is 17.3. The van der Waals surface area contributed by atoms with Gasteiger partial charge in [-0.05, 0) is 12.8 Å². The van der Waals surface area contributed by atoms with Crippen molar-refractivity contribution >= 4 is 29.7 Å². The molecule has 1 fully saturated rings. The van der Waals surface area contributed by atoms with Gasteiger partial charge in [-0.25, -0.2) is 4.98 Å². The quantitative estimate of drug-likeness (QED) is 0.882. The zero-order chi connectivity index (χ0) is 14.8. The topological polar surface area (TPSA) is 68.0 Å². The SMILES string of the molecule is Cl.NC1(C(=O)NCCc2nc(C(F)(F)F)cs2)CCCC1. The lowest BCUT2D eigenvalue weighted by atomic mass is 9.98. The highest BCUT2D eigenvalue weighted by molar-refractivity contribution is 7.09. The van der Waals surface area contributed by atoms with Gasteiger partial charge in [-0.3, -0.25) is 4.79 Å². The molecule has 1 heterocycles. The Balaban J connectivity index is 0.00000220. The van der Waals surface area contributed by atoms with Crippen molar-refractivity contribution in [1.82, 2.24) is 10.3 Å². The van der Waals surface area contributed by atoms with Gasteiger partial charge in [0.2, 0.25) is 5.91 Å². The van der Waals surface area contributed by atoms with Crippen molar-refractivity contribution in [3.8, 4) is 0 Å². The van der Waals surface area contributed by atoms with Gasteiger partial charge in [-0.2, -0.15) is 13.2 Å². The molecule has 0 radical (unpaired) electrons. The number of hydrogen-bond donors (Lipinski definition) is 2. The van der Waals surface area contributed by atoms with Gasteiger partial charge in [-0.15, -0.1) is 23.7 Å². The molecule has 0 saturated heterocycles. The number of carbonyl (C=O) groups excluding carboxylic acids is 1. The van der Waals surface area contributed by atoms with E-state index in [0.29, 0.717) is 17.8 Å². The number of rotatable bonds is 4. The number of nitrogens with one attached hydrogen (secondary N) is 1. The molecule has 0 bridgehead atoms. The van der Waals surface area contributed by atoms with Crippen molar-refractivity contribution in [3.05, 3.63) is 16.1 Å². The van der Waals surface area contributed by atoms with Crippen molar-refractivity contribution in [2.75, 3.05) is 6.54 Å². The number of thiazole rings is 1. The standard InChI is InChI=1S/C12H16F3N3OS.ClH/c13-12(14,15)8-7-20-9(18-8)3-6-17-10(19)11(16)4-1-2-5-11;/h7H,1-6,16H2,(H,17,19);1H. The molecule has 0 atom stereocenters. The minimum absolute atomic E-state index is 0. The number of amides is 1.